The smallest absolute Gasteiger partial charge is 0.410 e. The van der Waals surface area contributed by atoms with E-state index < -0.39 is 23.8 Å². The lowest BCUT2D eigenvalue weighted by Gasteiger charge is -2.59. The van der Waals surface area contributed by atoms with Gasteiger partial charge >= 0.3 is 6.09 Å². The van der Waals surface area contributed by atoms with E-state index in [4.69, 9.17) is 28.9 Å². The first kappa shape index (κ1) is 43.7. The second-order valence-electron chi connectivity index (χ2n) is 16.8. The molecule has 6 unspecified atom stereocenters. The number of aliphatic hydroxyl groups is 2. The summed E-state index contributed by atoms with van der Waals surface area (Å²) < 4.78 is 27.0. The molecule has 8 rings (SSSR count). The average Bonchev–Trinajstić information content (AvgIpc) is 3.32. The lowest BCUT2D eigenvalue weighted by Crippen LogP contribution is -2.69. The fourth-order valence-electron chi connectivity index (χ4n) is 9.87. The Labute approximate surface area is 370 Å². The number of hydrogen-bond donors (Lipinski definition) is 2. The average molecular weight is 851 g/mol. The van der Waals surface area contributed by atoms with Crippen molar-refractivity contribution in [2.45, 2.75) is 75.9 Å². The van der Waals surface area contributed by atoms with Crippen molar-refractivity contribution in [2.24, 2.45) is 22.9 Å². The van der Waals surface area contributed by atoms with Crippen LogP contribution in [-0.4, -0.2) is 65.6 Å². The van der Waals surface area contributed by atoms with Crippen molar-refractivity contribution in [2.75, 3.05) is 26.9 Å². The Balaban J connectivity index is 1.27. The van der Waals surface area contributed by atoms with Crippen molar-refractivity contribution in [3.8, 4) is 17.2 Å². The van der Waals surface area contributed by atoms with Crippen LogP contribution < -0.4 is 9.47 Å². The molecule has 1 fully saturated rings. The van der Waals surface area contributed by atoms with Gasteiger partial charge in [-0.1, -0.05) is 121 Å². The third-order valence-electron chi connectivity index (χ3n) is 12.8. The summed E-state index contributed by atoms with van der Waals surface area (Å²) >= 11 is 0. The van der Waals surface area contributed by atoms with Gasteiger partial charge in [-0.05, 0) is 95.3 Å². The van der Waals surface area contributed by atoms with Gasteiger partial charge in [-0.3, -0.25) is 0 Å². The Morgan fingerprint density at radius 3 is 2.22 bits per heavy atom. The van der Waals surface area contributed by atoms with E-state index in [0.29, 0.717) is 30.1 Å². The maximum absolute atomic E-state index is 14.3. The third-order valence-corrected chi connectivity index (χ3v) is 12.8. The number of amides is 1. The molecule has 63 heavy (non-hydrogen) atoms. The van der Waals surface area contributed by atoms with Crippen molar-refractivity contribution in [3.05, 3.63) is 162 Å². The first-order valence-electron chi connectivity index (χ1n) is 22.3. The van der Waals surface area contributed by atoms with E-state index in [1.807, 2.05) is 97.1 Å². The SMILES string of the molecule is C=CCOC12Oc3ccc(Oc4ccc5ccccc5c4)cc3C3C(CCCCO)C(CCCCO)C=C(C(=NOCc4ccccc4)CC1N(C)C(=O)OCc1ccccc1)C32. The predicted octanol–water partition coefficient (Wildman–Crippen LogP) is 10.7. The number of hydrogen-bond acceptors (Lipinski definition) is 9. The van der Waals surface area contributed by atoms with Crippen LogP contribution in [0.15, 0.2) is 151 Å². The maximum atomic E-state index is 14.3. The highest BCUT2D eigenvalue weighted by molar-refractivity contribution is 6.03. The summed E-state index contributed by atoms with van der Waals surface area (Å²) in [5.41, 5.74) is 4.50. The third kappa shape index (κ3) is 9.69. The van der Waals surface area contributed by atoms with Gasteiger partial charge in [0, 0.05) is 38.2 Å². The largest absolute Gasteiger partial charge is 0.459 e. The normalized spacial score (nSPS) is 22.9. The van der Waals surface area contributed by atoms with E-state index in [0.717, 1.165) is 64.5 Å². The standard InChI is InChI=1S/C53H58N2O8/c1-3-30-60-53-49(55(2)52(58)59-35-37-16-6-4-7-17-37)34-47(54-61-36-38-18-8-5-9-19-38)45-32-41(22-12-14-28-56)44(23-13-15-29-57)50(51(45)53)46-33-43(26-27-48(46)63-53)62-42-25-24-39-20-10-11-21-40(39)31-42/h3-11,16-21,24-27,31-33,41,44,49-51,56-57H,1,12-15,22-23,28-30,34-36H2,2H3. The number of ether oxygens (including phenoxy) is 4. The first-order valence-corrected chi connectivity index (χ1v) is 22.3. The monoisotopic (exact) mass is 850 g/mol. The summed E-state index contributed by atoms with van der Waals surface area (Å²) in [6.07, 6.45) is 8.44. The summed E-state index contributed by atoms with van der Waals surface area (Å²) in [7, 11) is 1.74. The number of benzene rings is 5. The van der Waals surface area contributed by atoms with Gasteiger partial charge in [0.05, 0.1) is 18.2 Å². The molecule has 328 valence electrons. The van der Waals surface area contributed by atoms with Gasteiger partial charge in [-0.2, -0.15) is 0 Å². The van der Waals surface area contributed by atoms with Gasteiger partial charge < -0.3 is 38.9 Å². The number of likely N-dealkylation sites (N-methyl/N-ethyl adjacent to an activating group) is 1. The summed E-state index contributed by atoms with van der Waals surface area (Å²) in [4.78, 5) is 22.1. The Bertz CT molecular complexity index is 2390. The van der Waals surface area contributed by atoms with E-state index in [9.17, 15) is 15.0 Å². The van der Waals surface area contributed by atoms with Crippen LogP contribution in [0.4, 0.5) is 4.79 Å². The molecule has 2 aliphatic carbocycles. The molecule has 0 radical (unpaired) electrons. The highest BCUT2D eigenvalue weighted by atomic mass is 16.7. The van der Waals surface area contributed by atoms with Crippen LogP contribution in [0.5, 0.6) is 17.2 Å². The van der Waals surface area contributed by atoms with Crippen LogP contribution in [0.3, 0.4) is 0 Å². The van der Waals surface area contributed by atoms with E-state index in [-0.39, 0.29) is 57.2 Å². The van der Waals surface area contributed by atoms with Crippen molar-refractivity contribution < 1.29 is 38.8 Å². The van der Waals surface area contributed by atoms with Crippen LogP contribution in [-0.2, 0) is 27.5 Å². The first-order chi connectivity index (χ1) is 30.9. The number of carbonyl (C=O) groups excluding carboxylic acids is 1. The van der Waals surface area contributed by atoms with Crippen LogP contribution in [0.1, 0.15) is 67.6 Å². The fraction of sp³-hybridized carbons (Fsp3) is 0.358. The second-order valence-corrected chi connectivity index (χ2v) is 16.8. The molecule has 0 saturated heterocycles. The molecule has 10 nitrogen and oxygen atoms in total. The van der Waals surface area contributed by atoms with Crippen LogP contribution in [0, 0.1) is 17.8 Å². The number of carbonyl (C=O) groups is 1. The predicted molar refractivity (Wildman–Crippen MR) is 245 cm³/mol. The molecule has 2 N–H and O–H groups in total. The summed E-state index contributed by atoms with van der Waals surface area (Å²) in [6.45, 7) is 4.77. The van der Waals surface area contributed by atoms with Gasteiger partial charge in [0.1, 0.15) is 36.5 Å². The molecule has 3 aliphatic rings. The fourth-order valence-corrected chi connectivity index (χ4v) is 9.87. The molecule has 5 aromatic carbocycles. The van der Waals surface area contributed by atoms with Crippen LogP contribution in [0.25, 0.3) is 10.8 Å². The van der Waals surface area contributed by atoms with Gasteiger partial charge in [0.2, 0.25) is 5.79 Å². The number of aliphatic hydroxyl groups excluding tert-OH is 2. The number of oxime groups is 1. The number of fused-ring (bicyclic) bond motifs is 3. The van der Waals surface area contributed by atoms with E-state index in [2.05, 4.69) is 36.9 Å². The molecule has 1 heterocycles. The zero-order valence-corrected chi connectivity index (χ0v) is 36.0. The number of unbranched alkanes of at least 4 members (excludes halogenated alkanes) is 2. The Kier molecular flexibility index (Phi) is 14.2. The zero-order chi connectivity index (χ0) is 43.6. The molecule has 0 aromatic heterocycles. The molecular weight excluding hydrogens is 793 g/mol. The lowest BCUT2D eigenvalue weighted by molar-refractivity contribution is -0.253. The van der Waals surface area contributed by atoms with Crippen molar-refractivity contribution >= 4 is 22.6 Å². The van der Waals surface area contributed by atoms with E-state index in [1.165, 1.54) is 0 Å². The highest BCUT2D eigenvalue weighted by Gasteiger charge is 2.65. The topological polar surface area (TPSA) is 119 Å². The van der Waals surface area contributed by atoms with Crippen molar-refractivity contribution in [1.82, 2.24) is 4.90 Å². The highest BCUT2D eigenvalue weighted by Crippen LogP contribution is 2.62. The molecule has 0 spiro atoms. The number of nitrogens with zero attached hydrogens (tertiary/aromatic N) is 2. The molecule has 1 aliphatic heterocycles. The zero-order valence-electron chi connectivity index (χ0n) is 36.0. The van der Waals surface area contributed by atoms with Gasteiger partial charge in [-0.15, -0.1) is 6.58 Å². The maximum Gasteiger partial charge on any atom is 0.410 e. The van der Waals surface area contributed by atoms with E-state index >= 15 is 0 Å². The van der Waals surface area contributed by atoms with Crippen LogP contribution >= 0.6 is 0 Å². The molecule has 1 amide bonds. The van der Waals surface area contributed by atoms with E-state index in [1.54, 1.807) is 18.0 Å². The van der Waals surface area contributed by atoms with Gasteiger partial charge in [0.25, 0.3) is 0 Å². The molecule has 10 heteroatoms. The molecular formula is C53H58N2O8. The molecule has 6 atom stereocenters. The Hall–Kier alpha value is -5.94. The minimum absolute atomic E-state index is 0.0647. The summed E-state index contributed by atoms with van der Waals surface area (Å²) in [5.74, 6) is 0.122. The quantitative estimate of drug-likeness (QED) is 0.0479. The molecule has 0 bridgehead atoms. The van der Waals surface area contributed by atoms with Crippen molar-refractivity contribution in [3.63, 3.8) is 0 Å². The molecule has 5 aromatic rings. The minimum Gasteiger partial charge on any atom is -0.459 e. The second kappa shape index (κ2) is 20.5. The molecule has 1 saturated carbocycles. The lowest BCUT2D eigenvalue weighted by atomic mass is 9.55. The van der Waals surface area contributed by atoms with Crippen LogP contribution in [0.2, 0.25) is 0 Å². The number of rotatable bonds is 19. The minimum atomic E-state index is -1.40. The Morgan fingerprint density at radius 1 is 0.825 bits per heavy atom. The number of allylic oxidation sites excluding steroid dienone is 1. The Morgan fingerprint density at radius 2 is 1.49 bits per heavy atom. The van der Waals surface area contributed by atoms with Gasteiger partial charge in [-0.25, -0.2) is 4.79 Å². The summed E-state index contributed by atoms with van der Waals surface area (Å²) in [6, 6.07) is 39.1. The van der Waals surface area contributed by atoms with Gasteiger partial charge in [0.15, 0.2) is 0 Å². The summed E-state index contributed by atoms with van der Waals surface area (Å²) in [5, 5.41) is 27.0. The van der Waals surface area contributed by atoms with Crippen molar-refractivity contribution in [1.29, 1.82) is 0 Å².